The molecular formula is C53H50N4O17. The Kier molecular flexibility index (Phi) is 19.9. The Labute approximate surface area is 424 Å². The molecule has 0 aliphatic carbocycles. The highest BCUT2D eigenvalue weighted by molar-refractivity contribution is 6.18. The number of hydrogen-bond donors (Lipinski definition) is 0. The third-order valence-electron chi connectivity index (χ3n) is 10.2. The minimum atomic E-state index is -1.01. The fourth-order valence-electron chi connectivity index (χ4n) is 6.86. The summed E-state index contributed by atoms with van der Waals surface area (Å²) in [6.07, 6.45) is 5.06. The number of nitrogens with zero attached hydrogens (tertiary/aromatic N) is 4. The Hall–Kier alpha value is -9.34. The zero-order chi connectivity index (χ0) is 52.8. The van der Waals surface area contributed by atoms with Crippen LogP contribution in [0.4, 0.5) is 0 Å². The van der Waals surface area contributed by atoms with Gasteiger partial charge in [-0.15, -0.1) is 0 Å². The first-order valence-electron chi connectivity index (χ1n) is 22.0. The molecule has 0 N–H and O–H groups in total. The van der Waals surface area contributed by atoms with Crippen molar-refractivity contribution in [2.24, 2.45) is 0 Å². The van der Waals surface area contributed by atoms with Crippen molar-refractivity contribution in [1.82, 2.24) is 19.9 Å². The standard InChI is InChI=1S/C53H50N4O17/c1-62-28-37(49(58)63-2)33-16-8-12-20-40(33)71-44-26-45(55-31-54-44)72-41-21-13-9-17-34(41)38(50(59)64-3)29-69-24-25-70-30-39(51(60)65-4)35-18-10-14-22-42(35)73-46-27-47(57-32-56-46)74-43-23-15-11-19-36(43)48(52(61)66-5)53(67-6)68-7/h8-23,26-32,48,53H,24-25H2,1-7H3/b37-28+,38-29+,39-30+. The monoisotopic (exact) mass is 1010 g/mol. The molecule has 6 aromatic rings. The van der Waals surface area contributed by atoms with E-state index in [0.29, 0.717) is 11.1 Å². The van der Waals surface area contributed by atoms with E-state index in [-0.39, 0.29) is 87.6 Å². The molecule has 1 unspecified atom stereocenters. The smallest absolute Gasteiger partial charge is 0.341 e. The van der Waals surface area contributed by atoms with Gasteiger partial charge in [-0.25, -0.2) is 34.3 Å². The van der Waals surface area contributed by atoms with Crippen LogP contribution in [-0.2, 0) is 61.8 Å². The SMILES string of the molecule is CO/C=C(/C(=O)OC)c1ccccc1Oc1cc(Oc2ccccc2/C(=C\OCCO/C=C(/C(=O)OC)c2ccccc2Oc2cc(Oc3ccccc3C(C(=O)OC)C(OC)OC)ncn2)C(=O)OC)ncn1. The molecule has 21 nitrogen and oxygen atoms in total. The lowest BCUT2D eigenvalue weighted by Crippen LogP contribution is -2.30. The van der Waals surface area contributed by atoms with Crippen LogP contribution in [0.3, 0.4) is 0 Å². The predicted octanol–water partition coefficient (Wildman–Crippen LogP) is 8.23. The third kappa shape index (κ3) is 14.0. The molecule has 4 aromatic carbocycles. The van der Waals surface area contributed by atoms with Crippen LogP contribution in [0, 0.1) is 0 Å². The second-order valence-corrected chi connectivity index (χ2v) is 14.7. The van der Waals surface area contributed by atoms with Gasteiger partial charge in [0.2, 0.25) is 23.5 Å². The first-order chi connectivity index (χ1) is 36.1. The van der Waals surface area contributed by atoms with E-state index < -0.39 is 36.1 Å². The number of carbonyl (C=O) groups excluding carboxylic acids is 4. The first kappa shape index (κ1) is 54.0. The zero-order valence-electron chi connectivity index (χ0n) is 41.1. The fourth-order valence-corrected chi connectivity index (χ4v) is 6.86. The average Bonchev–Trinajstić information content (AvgIpc) is 3.43. The number of para-hydroxylation sites is 4. The Morgan fingerprint density at radius 1 is 0.446 bits per heavy atom. The van der Waals surface area contributed by atoms with Gasteiger partial charge in [0.1, 0.15) is 71.5 Å². The van der Waals surface area contributed by atoms with E-state index >= 15 is 0 Å². The molecule has 0 saturated carbocycles. The molecule has 384 valence electrons. The summed E-state index contributed by atoms with van der Waals surface area (Å²) >= 11 is 0. The topological polar surface area (TPSA) is 240 Å². The zero-order valence-corrected chi connectivity index (χ0v) is 41.1. The van der Waals surface area contributed by atoms with Gasteiger partial charge in [0, 0.05) is 36.5 Å². The summed E-state index contributed by atoms with van der Waals surface area (Å²) < 4.78 is 72.0. The van der Waals surface area contributed by atoms with Crippen molar-refractivity contribution in [3.8, 4) is 46.5 Å². The van der Waals surface area contributed by atoms with Gasteiger partial charge >= 0.3 is 23.9 Å². The van der Waals surface area contributed by atoms with E-state index in [2.05, 4.69) is 19.9 Å². The minimum absolute atomic E-state index is 0.0154. The molecule has 0 bridgehead atoms. The van der Waals surface area contributed by atoms with Crippen molar-refractivity contribution in [2.75, 3.05) is 63.0 Å². The predicted molar refractivity (Wildman–Crippen MR) is 262 cm³/mol. The average molecular weight is 1010 g/mol. The molecule has 2 heterocycles. The third-order valence-corrected chi connectivity index (χ3v) is 10.2. The molecule has 2 aromatic heterocycles. The molecule has 0 spiro atoms. The molecule has 0 radical (unpaired) electrons. The van der Waals surface area contributed by atoms with Gasteiger partial charge in [-0.1, -0.05) is 72.8 Å². The molecule has 0 amide bonds. The molecule has 74 heavy (non-hydrogen) atoms. The van der Waals surface area contributed by atoms with Gasteiger partial charge in [-0.05, 0) is 24.3 Å². The summed E-state index contributed by atoms with van der Waals surface area (Å²) in [5.74, 6) is -2.65. The van der Waals surface area contributed by atoms with Crippen molar-refractivity contribution in [3.63, 3.8) is 0 Å². The van der Waals surface area contributed by atoms with Crippen molar-refractivity contribution in [3.05, 3.63) is 163 Å². The van der Waals surface area contributed by atoms with Crippen LogP contribution in [0.1, 0.15) is 28.2 Å². The Balaban J connectivity index is 1.15. The minimum Gasteiger partial charge on any atom is -0.503 e. The lowest BCUT2D eigenvalue weighted by molar-refractivity contribution is -0.163. The van der Waals surface area contributed by atoms with Gasteiger partial charge in [-0.3, -0.25) is 4.79 Å². The van der Waals surface area contributed by atoms with Crippen molar-refractivity contribution in [1.29, 1.82) is 0 Å². The Morgan fingerprint density at radius 2 is 0.797 bits per heavy atom. The summed E-state index contributed by atoms with van der Waals surface area (Å²) in [6.45, 7) is -0.217. The number of hydrogen-bond acceptors (Lipinski definition) is 21. The molecule has 6 rings (SSSR count). The maximum Gasteiger partial charge on any atom is 0.341 e. The van der Waals surface area contributed by atoms with Crippen molar-refractivity contribution < 1.29 is 80.8 Å². The van der Waals surface area contributed by atoms with E-state index in [1.165, 1.54) is 93.3 Å². The Bertz CT molecular complexity index is 2990. The first-order valence-corrected chi connectivity index (χ1v) is 22.0. The number of carbonyl (C=O) groups is 4. The van der Waals surface area contributed by atoms with E-state index in [1.54, 1.807) is 97.1 Å². The van der Waals surface area contributed by atoms with Crippen LogP contribution in [0.25, 0.3) is 16.7 Å². The van der Waals surface area contributed by atoms with Gasteiger partial charge in [0.25, 0.3) is 0 Å². The second-order valence-electron chi connectivity index (χ2n) is 14.7. The van der Waals surface area contributed by atoms with E-state index in [1.807, 2.05) is 0 Å². The summed E-state index contributed by atoms with van der Waals surface area (Å²) in [5, 5.41) is 0. The second kappa shape index (κ2) is 27.3. The molecule has 0 aliphatic rings. The van der Waals surface area contributed by atoms with Crippen LogP contribution in [0.15, 0.2) is 141 Å². The number of benzene rings is 4. The highest BCUT2D eigenvalue weighted by Gasteiger charge is 2.34. The highest BCUT2D eigenvalue weighted by atomic mass is 16.7. The highest BCUT2D eigenvalue weighted by Crippen LogP contribution is 2.37. The molecule has 21 heteroatoms. The molecule has 0 fully saturated rings. The van der Waals surface area contributed by atoms with Gasteiger partial charge < -0.3 is 61.6 Å². The normalized spacial score (nSPS) is 11.9. The Morgan fingerprint density at radius 3 is 1.16 bits per heavy atom. The van der Waals surface area contributed by atoms with Crippen LogP contribution >= 0.6 is 0 Å². The van der Waals surface area contributed by atoms with Crippen LogP contribution in [0.5, 0.6) is 46.5 Å². The number of rotatable bonds is 25. The number of esters is 4. The van der Waals surface area contributed by atoms with Gasteiger partial charge in [-0.2, -0.15) is 0 Å². The van der Waals surface area contributed by atoms with Gasteiger partial charge in [0.05, 0.1) is 66.5 Å². The van der Waals surface area contributed by atoms with Crippen LogP contribution in [-0.4, -0.2) is 113 Å². The summed E-state index contributed by atoms with van der Waals surface area (Å²) in [6, 6.07) is 29.5. The quantitative estimate of drug-likeness (QED) is 0.0131. The molecular weight excluding hydrogens is 965 g/mol. The fraction of sp³-hybridized carbons (Fsp3) is 0.208. The maximum atomic E-state index is 13.2. The van der Waals surface area contributed by atoms with E-state index in [0.717, 1.165) is 0 Å². The van der Waals surface area contributed by atoms with Crippen molar-refractivity contribution >= 4 is 40.6 Å². The number of methoxy groups -OCH3 is 7. The van der Waals surface area contributed by atoms with Crippen LogP contribution in [0.2, 0.25) is 0 Å². The lowest BCUT2D eigenvalue weighted by Gasteiger charge is -2.24. The van der Waals surface area contributed by atoms with Crippen molar-refractivity contribution in [2.45, 2.75) is 12.2 Å². The molecule has 0 saturated heterocycles. The molecule has 1 atom stereocenters. The largest absolute Gasteiger partial charge is 0.503 e. The summed E-state index contributed by atoms with van der Waals surface area (Å²) in [4.78, 5) is 68.6. The molecule has 0 aliphatic heterocycles. The summed E-state index contributed by atoms with van der Waals surface area (Å²) in [5.41, 5.74) is 1.42. The summed E-state index contributed by atoms with van der Waals surface area (Å²) in [7, 11) is 9.13. The maximum absolute atomic E-state index is 13.2. The number of ether oxygens (including phenoxy) is 13. The lowest BCUT2D eigenvalue weighted by atomic mass is 9.97. The van der Waals surface area contributed by atoms with E-state index in [9.17, 15) is 19.2 Å². The number of aromatic nitrogens is 4. The van der Waals surface area contributed by atoms with E-state index in [4.69, 9.17) is 61.6 Å². The van der Waals surface area contributed by atoms with Gasteiger partial charge in [0.15, 0.2) is 6.29 Å². The van der Waals surface area contributed by atoms with Crippen LogP contribution < -0.4 is 18.9 Å².